The van der Waals surface area contributed by atoms with Gasteiger partial charge < -0.3 is 5.32 Å². The van der Waals surface area contributed by atoms with E-state index in [-0.39, 0.29) is 5.91 Å². The molecule has 1 amide bonds. The van der Waals surface area contributed by atoms with Gasteiger partial charge in [-0.15, -0.1) is 0 Å². The smallest absolute Gasteiger partial charge is 0.236 e. The van der Waals surface area contributed by atoms with Gasteiger partial charge in [-0.3, -0.25) is 9.63 Å². The lowest BCUT2D eigenvalue weighted by Crippen LogP contribution is -2.27. The minimum atomic E-state index is 0.00417. The highest BCUT2D eigenvalue weighted by Gasteiger charge is 2.13. The summed E-state index contributed by atoms with van der Waals surface area (Å²) in [5.41, 5.74) is 0.834. The van der Waals surface area contributed by atoms with E-state index in [1.54, 1.807) is 18.9 Å². The molecule has 14 heavy (non-hydrogen) atoms. The van der Waals surface area contributed by atoms with Crippen molar-refractivity contribution in [3.63, 3.8) is 0 Å². The maximum Gasteiger partial charge on any atom is 0.236 e. The molecule has 0 aromatic carbocycles. The molecular weight excluding hydrogens is 180 g/mol. The number of hydrogen-bond donors (Lipinski definition) is 1. The number of carbonyl (C=O) groups is 1. The zero-order chi connectivity index (χ0) is 11.0. The second-order valence-corrected chi connectivity index (χ2v) is 2.80. The highest BCUT2D eigenvalue weighted by atomic mass is 16.6. The molecule has 0 aliphatic heterocycles. The van der Waals surface area contributed by atoms with Crippen molar-refractivity contribution in [2.24, 2.45) is 0 Å². The van der Waals surface area contributed by atoms with Gasteiger partial charge in [-0.05, 0) is 18.6 Å². The van der Waals surface area contributed by atoms with Gasteiger partial charge >= 0.3 is 0 Å². The second-order valence-electron chi connectivity index (χ2n) is 2.80. The average molecular weight is 199 g/mol. The lowest BCUT2D eigenvalue weighted by atomic mass is 10.2. The van der Waals surface area contributed by atoms with Crippen molar-refractivity contribution in [2.45, 2.75) is 20.3 Å². The summed E-state index contributed by atoms with van der Waals surface area (Å²) in [7, 11) is 3.34. The molecule has 0 aromatic heterocycles. The summed E-state index contributed by atoms with van der Waals surface area (Å²) in [6, 6.07) is 0. The van der Waals surface area contributed by atoms with E-state index in [2.05, 4.69) is 5.32 Å². The topological polar surface area (TPSA) is 41.3 Å². The number of rotatable bonds is 5. The first-order chi connectivity index (χ1) is 6.65. The van der Waals surface area contributed by atoms with E-state index in [9.17, 15) is 4.79 Å². The van der Waals surface area contributed by atoms with Gasteiger partial charge in [-0.2, -0.15) is 0 Å². The number of nitrogens with one attached hydrogen (secondary N) is 1. The molecule has 0 aliphatic carbocycles. The molecule has 0 aliphatic rings. The minimum absolute atomic E-state index is 0.00417. The van der Waals surface area contributed by atoms with Crippen LogP contribution < -0.4 is 5.32 Å². The lowest BCUT2D eigenvalue weighted by molar-refractivity contribution is -0.760. The number of hydrogen-bond acceptors (Lipinski definition) is 2. The molecule has 0 aromatic rings. The van der Waals surface area contributed by atoms with E-state index >= 15 is 0 Å². The van der Waals surface area contributed by atoms with Crippen LogP contribution in [0.5, 0.6) is 0 Å². The van der Waals surface area contributed by atoms with Gasteiger partial charge in [0.2, 0.25) is 11.6 Å². The second kappa shape index (κ2) is 7.12. The van der Waals surface area contributed by atoms with Crippen molar-refractivity contribution < 1.29 is 14.4 Å². The van der Waals surface area contributed by atoms with Crippen LogP contribution in [0.4, 0.5) is 0 Å². The zero-order valence-corrected chi connectivity index (χ0v) is 9.33. The number of amides is 1. The third-order valence-electron chi connectivity index (χ3n) is 1.75. The van der Waals surface area contributed by atoms with Crippen LogP contribution in [0.3, 0.4) is 0 Å². The normalized spacial score (nSPS) is 12.6. The fourth-order valence-electron chi connectivity index (χ4n) is 1.01. The maximum atomic E-state index is 11.3. The Morgan fingerprint density at radius 3 is 2.64 bits per heavy atom. The van der Waals surface area contributed by atoms with Crippen molar-refractivity contribution >= 4 is 11.6 Å². The predicted molar refractivity (Wildman–Crippen MR) is 56.3 cm³/mol. The minimum Gasteiger partial charge on any atom is -0.356 e. The van der Waals surface area contributed by atoms with E-state index in [0.717, 1.165) is 5.71 Å². The summed E-state index contributed by atoms with van der Waals surface area (Å²) in [6.07, 6.45) is 4.07. The van der Waals surface area contributed by atoms with Crippen molar-refractivity contribution in [1.29, 1.82) is 0 Å². The molecule has 0 spiro atoms. The molecule has 0 rings (SSSR count). The van der Waals surface area contributed by atoms with Crippen LogP contribution >= 0.6 is 0 Å². The Bertz CT molecular complexity index is 245. The average Bonchev–Trinajstić information content (AvgIpc) is 2.16. The molecule has 0 saturated carbocycles. The van der Waals surface area contributed by atoms with Gasteiger partial charge in [-0.1, -0.05) is 6.08 Å². The van der Waals surface area contributed by atoms with Crippen LogP contribution in [0.2, 0.25) is 0 Å². The number of allylic oxidation sites excluding steroid dienone is 2. The molecule has 80 valence electrons. The number of nitrogens with zero attached hydrogens (tertiary/aromatic N) is 1. The molecule has 0 bridgehead atoms. The Hall–Kier alpha value is -1.32. The van der Waals surface area contributed by atoms with E-state index < -0.39 is 0 Å². The van der Waals surface area contributed by atoms with Gasteiger partial charge in [-0.25, -0.2) is 0 Å². The summed E-state index contributed by atoms with van der Waals surface area (Å²) in [5.74, 6) is 0.00417. The predicted octanol–water partition coefficient (Wildman–Crippen LogP) is 0.733. The van der Waals surface area contributed by atoms with Gasteiger partial charge in [0.15, 0.2) is 7.05 Å². The van der Waals surface area contributed by atoms with Crippen molar-refractivity contribution in [3.8, 4) is 0 Å². The first kappa shape index (κ1) is 12.7. The van der Waals surface area contributed by atoms with Gasteiger partial charge in [0.1, 0.15) is 13.5 Å². The van der Waals surface area contributed by atoms with Gasteiger partial charge in [0, 0.05) is 12.6 Å². The summed E-state index contributed by atoms with van der Waals surface area (Å²) in [5, 5.41) is 2.74. The van der Waals surface area contributed by atoms with E-state index in [1.165, 1.54) is 0 Å². The molecule has 0 saturated heterocycles. The molecule has 4 nitrogen and oxygen atoms in total. The first-order valence-corrected chi connectivity index (χ1v) is 4.68. The number of hydroxylamine groups is 1. The quantitative estimate of drug-likeness (QED) is 0.403. The van der Waals surface area contributed by atoms with E-state index in [1.807, 2.05) is 26.0 Å². The fraction of sp³-hybridized carbons (Fsp3) is 0.600. The first-order valence-electron chi connectivity index (χ1n) is 4.68. The zero-order valence-electron chi connectivity index (χ0n) is 9.33. The molecule has 1 N–H and O–H groups in total. The highest BCUT2D eigenvalue weighted by Crippen LogP contribution is 1.90. The highest BCUT2D eigenvalue weighted by molar-refractivity contribution is 6.04. The van der Waals surface area contributed by atoms with Crippen LogP contribution in [0, 0.1) is 0 Å². The standard InChI is InChI=1S/C10H18N2O2/c1-5-7-9(12(3)14-4)8-10(13)11-6-2/h5,7H,6,8H2,1-4H3/p+1/b7-5-,12-9-. The molecule has 0 unspecified atom stereocenters. The van der Waals surface area contributed by atoms with Crippen molar-refractivity contribution in [1.82, 2.24) is 5.32 Å². The van der Waals surface area contributed by atoms with Crippen LogP contribution in [-0.2, 0) is 9.63 Å². The summed E-state index contributed by atoms with van der Waals surface area (Å²) in [4.78, 5) is 16.3. The Morgan fingerprint density at radius 2 is 2.21 bits per heavy atom. The SMILES string of the molecule is C/C=C\C(CC(=O)NCC)=[N+](/C)OC. The van der Waals surface area contributed by atoms with Gasteiger partial charge in [0.05, 0.1) is 0 Å². The van der Waals surface area contributed by atoms with E-state index in [4.69, 9.17) is 4.84 Å². The summed E-state index contributed by atoms with van der Waals surface area (Å²) >= 11 is 0. The molecule has 0 atom stereocenters. The Kier molecular flexibility index (Phi) is 6.45. The molecule has 4 heteroatoms. The third kappa shape index (κ3) is 4.64. The molecular formula is C10H19N2O2+. The van der Waals surface area contributed by atoms with Crippen molar-refractivity contribution in [2.75, 3.05) is 20.7 Å². The fourth-order valence-corrected chi connectivity index (χ4v) is 1.01. The van der Waals surface area contributed by atoms with Crippen LogP contribution in [-0.4, -0.2) is 37.1 Å². The van der Waals surface area contributed by atoms with Crippen molar-refractivity contribution in [3.05, 3.63) is 12.2 Å². The maximum absolute atomic E-state index is 11.3. The Balaban J connectivity index is 4.46. The molecule has 0 fully saturated rings. The van der Waals surface area contributed by atoms with Crippen LogP contribution in [0.1, 0.15) is 20.3 Å². The largest absolute Gasteiger partial charge is 0.356 e. The third-order valence-corrected chi connectivity index (χ3v) is 1.75. The summed E-state index contributed by atoms with van der Waals surface area (Å²) in [6.45, 7) is 4.45. The van der Waals surface area contributed by atoms with E-state index in [0.29, 0.717) is 13.0 Å². The van der Waals surface area contributed by atoms with Gasteiger partial charge in [0.25, 0.3) is 0 Å². The van der Waals surface area contributed by atoms with Crippen LogP contribution in [0.15, 0.2) is 12.2 Å². The summed E-state index contributed by atoms with van der Waals surface area (Å²) < 4.78 is 1.58. The number of carbonyl (C=O) groups excluding carboxylic acids is 1. The molecule has 0 heterocycles. The lowest BCUT2D eigenvalue weighted by Gasteiger charge is -2.00. The monoisotopic (exact) mass is 199 g/mol. The van der Waals surface area contributed by atoms with Crippen LogP contribution in [0.25, 0.3) is 0 Å². The Labute approximate surface area is 85.2 Å². The Morgan fingerprint density at radius 1 is 1.57 bits per heavy atom. The molecule has 0 radical (unpaired) electrons.